The lowest BCUT2D eigenvalue weighted by molar-refractivity contribution is -0.125. The zero-order chi connectivity index (χ0) is 21.9. The summed E-state index contributed by atoms with van der Waals surface area (Å²) in [5, 5.41) is 12.5. The largest absolute Gasteiger partial charge is 0.486 e. The number of piperidine rings is 1. The minimum Gasteiger partial charge on any atom is -0.486 e. The Balaban J connectivity index is 1.17. The number of oxazole rings is 1. The Morgan fingerprint density at radius 2 is 2.00 bits per heavy atom. The van der Waals surface area contributed by atoms with Crippen molar-refractivity contribution in [1.82, 2.24) is 10.3 Å². The van der Waals surface area contributed by atoms with Gasteiger partial charge in [0.1, 0.15) is 19.3 Å². The number of carbonyl (C=O) groups is 1. The molecule has 0 spiro atoms. The lowest BCUT2D eigenvalue weighted by Crippen LogP contribution is -2.40. The molecule has 1 fully saturated rings. The van der Waals surface area contributed by atoms with Gasteiger partial charge in [0, 0.05) is 25.6 Å². The topological polar surface area (TPSA) is 114 Å². The first-order valence-electron chi connectivity index (χ1n) is 10.6. The Morgan fingerprint density at radius 3 is 2.75 bits per heavy atom. The minimum atomic E-state index is -0.0959. The predicted octanol–water partition coefficient (Wildman–Crippen LogP) is 3.11. The molecule has 9 nitrogen and oxygen atoms in total. The molecule has 32 heavy (non-hydrogen) atoms. The third-order valence-corrected chi connectivity index (χ3v) is 5.67. The van der Waals surface area contributed by atoms with Gasteiger partial charge in [-0.1, -0.05) is 6.07 Å². The number of fused-ring (bicyclic) bond motifs is 1. The Morgan fingerprint density at radius 1 is 1.19 bits per heavy atom. The molecule has 2 aliphatic heterocycles. The molecule has 3 aromatic rings. The molecule has 4 heterocycles. The second-order valence-electron chi connectivity index (χ2n) is 7.72. The van der Waals surface area contributed by atoms with Crippen LogP contribution in [0.4, 0.5) is 5.88 Å². The van der Waals surface area contributed by atoms with E-state index >= 15 is 0 Å². The van der Waals surface area contributed by atoms with Crippen LogP contribution in [-0.4, -0.2) is 37.2 Å². The zero-order valence-corrected chi connectivity index (χ0v) is 17.4. The highest BCUT2D eigenvalue weighted by molar-refractivity contribution is 5.79. The van der Waals surface area contributed by atoms with Gasteiger partial charge in [-0.2, -0.15) is 10.2 Å². The molecule has 0 saturated carbocycles. The summed E-state index contributed by atoms with van der Waals surface area (Å²) >= 11 is 0. The third-order valence-electron chi connectivity index (χ3n) is 5.67. The Bertz CT molecular complexity index is 1140. The van der Waals surface area contributed by atoms with Gasteiger partial charge in [0.25, 0.3) is 5.89 Å². The van der Waals surface area contributed by atoms with Crippen LogP contribution in [0.25, 0.3) is 11.7 Å². The highest BCUT2D eigenvalue weighted by Crippen LogP contribution is 2.32. The molecule has 9 heteroatoms. The molecule has 0 aliphatic carbocycles. The zero-order valence-electron chi connectivity index (χ0n) is 17.4. The Labute approximate surface area is 184 Å². The maximum atomic E-state index is 12.7. The van der Waals surface area contributed by atoms with E-state index in [0.717, 1.165) is 11.3 Å². The van der Waals surface area contributed by atoms with Crippen molar-refractivity contribution >= 4 is 11.8 Å². The van der Waals surface area contributed by atoms with Gasteiger partial charge in [-0.3, -0.25) is 4.79 Å². The number of nitrogens with one attached hydrogen (secondary N) is 1. The van der Waals surface area contributed by atoms with E-state index in [4.69, 9.17) is 18.3 Å². The van der Waals surface area contributed by atoms with Crippen LogP contribution in [0.1, 0.15) is 24.1 Å². The van der Waals surface area contributed by atoms with Gasteiger partial charge in [0.05, 0.1) is 6.26 Å². The summed E-state index contributed by atoms with van der Waals surface area (Å²) in [4.78, 5) is 18.9. The second kappa shape index (κ2) is 8.67. The van der Waals surface area contributed by atoms with E-state index in [-0.39, 0.29) is 23.4 Å². The molecule has 0 radical (unpaired) electrons. The van der Waals surface area contributed by atoms with Crippen molar-refractivity contribution in [2.24, 2.45) is 5.92 Å². The van der Waals surface area contributed by atoms with Crippen LogP contribution in [0.3, 0.4) is 0 Å². The number of furan rings is 1. The van der Waals surface area contributed by atoms with Gasteiger partial charge in [0.2, 0.25) is 17.5 Å². The molecule has 5 rings (SSSR count). The average molecular weight is 434 g/mol. The lowest BCUT2D eigenvalue weighted by atomic mass is 9.96. The number of hydrogen-bond donors (Lipinski definition) is 1. The summed E-state index contributed by atoms with van der Waals surface area (Å²) in [5.74, 6) is 2.55. The van der Waals surface area contributed by atoms with E-state index in [0.29, 0.717) is 63.1 Å². The number of aromatic nitrogens is 1. The fourth-order valence-corrected chi connectivity index (χ4v) is 3.98. The molecular weight excluding hydrogens is 412 g/mol. The van der Waals surface area contributed by atoms with E-state index in [1.807, 2.05) is 23.1 Å². The van der Waals surface area contributed by atoms with Crippen LogP contribution in [-0.2, 0) is 11.3 Å². The number of ether oxygens (including phenoxy) is 2. The van der Waals surface area contributed by atoms with E-state index in [9.17, 15) is 10.1 Å². The van der Waals surface area contributed by atoms with Crippen molar-refractivity contribution < 1.29 is 23.1 Å². The first-order chi connectivity index (χ1) is 15.7. The number of hydrogen-bond acceptors (Lipinski definition) is 8. The molecule has 164 valence electrons. The summed E-state index contributed by atoms with van der Waals surface area (Å²) in [6.07, 6.45) is 2.85. The monoisotopic (exact) mass is 434 g/mol. The molecule has 1 saturated heterocycles. The Hall–Kier alpha value is -3.93. The first-order valence-corrected chi connectivity index (χ1v) is 10.6. The van der Waals surface area contributed by atoms with Crippen LogP contribution < -0.4 is 19.7 Å². The van der Waals surface area contributed by atoms with Crippen molar-refractivity contribution in [1.29, 1.82) is 5.26 Å². The minimum absolute atomic E-state index is 0.0221. The number of nitriles is 1. The van der Waals surface area contributed by atoms with Gasteiger partial charge in [-0.15, -0.1) is 0 Å². The van der Waals surface area contributed by atoms with E-state index in [1.165, 1.54) is 6.26 Å². The number of nitrogens with zero attached hydrogens (tertiary/aromatic N) is 3. The van der Waals surface area contributed by atoms with Crippen molar-refractivity contribution in [2.75, 3.05) is 31.2 Å². The summed E-state index contributed by atoms with van der Waals surface area (Å²) in [7, 11) is 0. The van der Waals surface area contributed by atoms with Crippen molar-refractivity contribution in [3.8, 4) is 29.2 Å². The number of rotatable bonds is 5. The van der Waals surface area contributed by atoms with Crippen LogP contribution >= 0.6 is 0 Å². The normalized spacial score (nSPS) is 15.9. The number of benzene rings is 1. The molecule has 1 N–H and O–H groups in total. The molecular formula is C23H22N4O5. The number of carbonyl (C=O) groups excluding carboxylic acids is 1. The quantitative estimate of drug-likeness (QED) is 0.652. The van der Waals surface area contributed by atoms with Crippen molar-refractivity contribution in [3.05, 3.63) is 47.9 Å². The SMILES string of the molecule is N#Cc1nc(-c2ccco2)oc1N1CCC(C(=O)NCc2ccc3c(c2)OCCO3)CC1. The highest BCUT2D eigenvalue weighted by Gasteiger charge is 2.29. The molecule has 1 aromatic carbocycles. The fraction of sp³-hybridized carbons (Fsp3) is 0.348. The van der Waals surface area contributed by atoms with Crippen LogP contribution in [0, 0.1) is 17.2 Å². The smallest absolute Gasteiger partial charge is 0.266 e. The highest BCUT2D eigenvalue weighted by atomic mass is 16.6. The molecule has 1 amide bonds. The van der Waals surface area contributed by atoms with Crippen LogP contribution in [0.2, 0.25) is 0 Å². The number of amides is 1. The molecule has 2 aliphatic rings. The first kappa shape index (κ1) is 20.0. The van der Waals surface area contributed by atoms with E-state index < -0.39 is 0 Å². The maximum absolute atomic E-state index is 12.7. The molecule has 0 atom stereocenters. The maximum Gasteiger partial charge on any atom is 0.266 e. The van der Waals surface area contributed by atoms with Gasteiger partial charge in [0.15, 0.2) is 17.3 Å². The number of anilines is 1. The average Bonchev–Trinajstić information content (AvgIpc) is 3.52. The second-order valence-corrected chi connectivity index (χ2v) is 7.72. The van der Waals surface area contributed by atoms with Crippen molar-refractivity contribution in [3.63, 3.8) is 0 Å². The van der Waals surface area contributed by atoms with Gasteiger partial charge in [-0.05, 0) is 42.7 Å². The van der Waals surface area contributed by atoms with Crippen molar-refractivity contribution in [2.45, 2.75) is 19.4 Å². The summed E-state index contributed by atoms with van der Waals surface area (Å²) in [6, 6.07) is 11.3. The van der Waals surface area contributed by atoms with Gasteiger partial charge < -0.3 is 28.5 Å². The fourth-order valence-electron chi connectivity index (χ4n) is 3.98. The molecule has 0 unspecified atom stereocenters. The van der Waals surface area contributed by atoms with Gasteiger partial charge >= 0.3 is 0 Å². The van der Waals surface area contributed by atoms with Gasteiger partial charge in [-0.25, -0.2) is 0 Å². The Kier molecular flexibility index (Phi) is 5.42. The van der Waals surface area contributed by atoms with Crippen LogP contribution in [0.5, 0.6) is 11.5 Å². The molecule has 0 bridgehead atoms. The predicted molar refractivity (Wildman–Crippen MR) is 113 cm³/mol. The van der Waals surface area contributed by atoms with E-state index in [2.05, 4.69) is 16.4 Å². The van der Waals surface area contributed by atoms with E-state index in [1.54, 1.807) is 12.1 Å². The molecule has 2 aromatic heterocycles. The summed E-state index contributed by atoms with van der Waals surface area (Å²) < 4.78 is 22.3. The standard InChI is InChI=1S/C23H22N4O5/c24-13-17-23(32-22(26-17)19-2-1-9-29-19)27-7-5-16(6-8-27)21(28)25-14-15-3-4-18-20(12-15)31-11-10-30-18/h1-4,9,12,16H,5-8,10-11,14H2,(H,25,28). The third kappa shape index (κ3) is 3.99. The van der Waals surface area contributed by atoms with Crippen LogP contribution in [0.15, 0.2) is 45.4 Å². The summed E-state index contributed by atoms with van der Waals surface area (Å²) in [6.45, 7) is 2.72. The lowest BCUT2D eigenvalue weighted by Gasteiger charge is -2.31. The summed E-state index contributed by atoms with van der Waals surface area (Å²) in [5.41, 5.74) is 1.18.